The fourth-order valence-electron chi connectivity index (χ4n) is 2.19. The van der Waals surface area contributed by atoms with E-state index in [4.69, 9.17) is 21.7 Å². The van der Waals surface area contributed by atoms with E-state index in [1.54, 1.807) is 43.2 Å². The normalized spacial score (nSPS) is 16.9. The Balaban J connectivity index is 2.48. The largest absolute Gasteiger partial charge is 0.497 e. The van der Waals surface area contributed by atoms with Gasteiger partial charge in [-0.1, -0.05) is 0 Å². The zero-order valence-corrected chi connectivity index (χ0v) is 13.4. The smallest absolute Gasteiger partial charge is 0.276 e. The molecule has 0 spiro atoms. The Morgan fingerprint density at radius 2 is 2.00 bits per heavy atom. The summed E-state index contributed by atoms with van der Waals surface area (Å²) in [4.78, 5) is 15.6. The van der Waals surface area contributed by atoms with Gasteiger partial charge in [-0.25, -0.2) is 0 Å². The van der Waals surface area contributed by atoms with Crippen LogP contribution >= 0.6 is 12.2 Å². The highest BCUT2D eigenvalue weighted by Crippen LogP contribution is 2.29. The number of carbonyl (C=O) groups is 1. The third-order valence-corrected chi connectivity index (χ3v) is 3.88. The molecule has 1 fully saturated rings. The Bertz CT molecular complexity index is 613. The number of hydrogen-bond acceptors (Lipinski definition) is 4. The first-order valence-electron chi connectivity index (χ1n) is 6.56. The van der Waals surface area contributed by atoms with E-state index in [2.05, 4.69) is 0 Å². The summed E-state index contributed by atoms with van der Waals surface area (Å²) in [6.45, 7) is 2.45. The van der Waals surface area contributed by atoms with E-state index in [9.17, 15) is 4.79 Å². The molecule has 6 heteroatoms. The predicted molar refractivity (Wildman–Crippen MR) is 85.3 cm³/mol. The number of hydrogen-bond donors (Lipinski definition) is 0. The molecular weight excluding hydrogens is 288 g/mol. The molecule has 1 aliphatic heterocycles. The van der Waals surface area contributed by atoms with E-state index < -0.39 is 0 Å². The Morgan fingerprint density at radius 3 is 2.52 bits per heavy atom. The molecule has 0 radical (unpaired) electrons. The minimum atomic E-state index is -0.102. The predicted octanol–water partition coefficient (Wildman–Crippen LogP) is 2.12. The molecular formula is C15H18N2O3S. The third kappa shape index (κ3) is 2.71. The molecule has 1 aromatic carbocycles. The van der Waals surface area contributed by atoms with Crippen LogP contribution in [0.5, 0.6) is 11.5 Å². The molecule has 5 nitrogen and oxygen atoms in total. The van der Waals surface area contributed by atoms with Gasteiger partial charge in [0.05, 0.1) is 14.2 Å². The van der Waals surface area contributed by atoms with E-state index in [1.807, 2.05) is 19.1 Å². The van der Waals surface area contributed by atoms with E-state index in [0.29, 0.717) is 28.9 Å². The quantitative estimate of drug-likeness (QED) is 0.630. The van der Waals surface area contributed by atoms with Crippen molar-refractivity contribution >= 4 is 29.3 Å². The van der Waals surface area contributed by atoms with Crippen molar-refractivity contribution in [2.45, 2.75) is 6.92 Å². The third-order valence-electron chi connectivity index (χ3n) is 3.39. The van der Waals surface area contributed by atoms with Gasteiger partial charge in [-0.2, -0.15) is 0 Å². The first-order chi connectivity index (χ1) is 10.0. The fourth-order valence-corrected chi connectivity index (χ4v) is 2.50. The van der Waals surface area contributed by atoms with Crippen LogP contribution in [0.25, 0.3) is 6.08 Å². The molecule has 1 saturated heterocycles. The standard InChI is InChI=1S/C15H18N2O3S/c1-5-17-14(18)12(16(2)15(17)21)9-10-8-11(19-3)6-7-13(10)20-4/h6-9H,5H2,1-4H3/b12-9-. The van der Waals surface area contributed by atoms with Crippen LogP contribution in [0.2, 0.25) is 0 Å². The van der Waals surface area contributed by atoms with E-state index in [0.717, 1.165) is 5.56 Å². The lowest BCUT2D eigenvalue weighted by molar-refractivity contribution is -0.122. The number of carbonyl (C=O) groups excluding carboxylic acids is 1. The van der Waals surface area contributed by atoms with Gasteiger partial charge >= 0.3 is 0 Å². The second-order valence-corrected chi connectivity index (χ2v) is 4.89. The summed E-state index contributed by atoms with van der Waals surface area (Å²) < 4.78 is 10.5. The molecule has 0 aliphatic carbocycles. The van der Waals surface area contributed by atoms with Crippen molar-refractivity contribution in [3.8, 4) is 11.5 Å². The zero-order valence-electron chi connectivity index (χ0n) is 12.5. The number of benzene rings is 1. The van der Waals surface area contributed by atoms with Gasteiger partial charge in [0.2, 0.25) is 0 Å². The monoisotopic (exact) mass is 306 g/mol. The lowest BCUT2D eigenvalue weighted by atomic mass is 10.1. The van der Waals surface area contributed by atoms with Crippen molar-refractivity contribution in [1.29, 1.82) is 0 Å². The highest BCUT2D eigenvalue weighted by Gasteiger charge is 2.34. The summed E-state index contributed by atoms with van der Waals surface area (Å²) >= 11 is 5.28. The number of likely N-dealkylation sites (N-methyl/N-ethyl adjacent to an activating group) is 2. The molecule has 1 aromatic rings. The highest BCUT2D eigenvalue weighted by molar-refractivity contribution is 7.80. The Hall–Kier alpha value is -2.08. The van der Waals surface area contributed by atoms with Crippen LogP contribution in [0.1, 0.15) is 12.5 Å². The maximum Gasteiger partial charge on any atom is 0.276 e. The van der Waals surface area contributed by atoms with Gasteiger partial charge < -0.3 is 14.4 Å². The molecule has 1 aliphatic rings. The fraction of sp³-hybridized carbons (Fsp3) is 0.333. The minimum Gasteiger partial charge on any atom is -0.497 e. The summed E-state index contributed by atoms with van der Waals surface area (Å²) in [6, 6.07) is 5.44. The van der Waals surface area contributed by atoms with Crippen LogP contribution in [-0.4, -0.2) is 48.6 Å². The van der Waals surface area contributed by atoms with Crippen molar-refractivity contribution in [2.75, 3.05) is 27.8 Å². The van der Waals surface area contributed by atoms with Crippen LogP contribution in [0.4, 0.5) is 0 Å². The molecule has 1 amide bonds. The Labute approximate surface area is 129 Å². The zero-order chi connectivity index (χ0) is 15.6. The van der Waals surface area contributed by atoms with Crippen molar-refractivity contribution < 1.29 is 14.3 Å². The average Bonchev–Trinajstić information content (AvgIpc) is 2.70. The second-order valence-electron chi connectivity index (χ2n) is 4.53. The van der Waals surface area contributed by atoms with Crippen LogP contribution in [0, 0.1) is 0 Å². The van der Waals surface area contributed by atoms with Crippen molar-refractivity contribution in [1.82, 2.24) is 9.80 Å². The van der Waals surface area contributed by atoms with E-state index >= 15 is 0 Å². The number of methoxy groups -OCH3 is 2. The number of nitrogens with zero attached hydrogens (tertiary/aromatic N) is 2. The maximum absolute atomic E-state index is 12.4. The summed E-state index contributed by atoms with van der Waals surface area (Å²) in [5.41, 5.74) is 1.29. The molecule has 1 heterocycles. The topological polar surface area (TPSA) is 42.0 Å². The van der Waals surface area contributed by atoms with Crippen molar-refractivity contribution in [3.63, 3.8) is 0 Å². The van der Waals surface area contributed by atoms with Crippen LogP contribution in [-0.2, 0) is 4.79 Å². The second kappa shape index (κ2) is 6.13. The lowest BCUT2D eigenvalue weighted by Crippen LogP contribution is -2.30. The first kappa shape index (κ1) is 15.3. The van der Waals surface area contributed by atoms with Gasteiger partial charge in [0.15, 0.2) is 5.11 Å². The number of amides is 1. The molecule has 112 valence electrons. The van der Waals surface area contributed by atoms with Gasteiger partial charge in [0, 0.05) is 19.2 Å². The van der Waals surface area contributed by atoms with Crippen LogP contribution in [0.3, 0.4) is 0 Å². The summed E-state index contributed by atoms with van der Waals surface area (Å²) in [5, 5.41) is 0.510. The van der Waals surface area contributed by atoms with Crippen molar-refractivity contribution in [3.05, 3.63) is 29.5 Å². The molecule has 0 N–H and O–H groups in total. The average molecular weight is 306 g/mol. The summed E-state index contributed by atoms with van der Waals surface area (Å²) in [5.74, 6) is 1.27. The van der Waals surface area contributed by atoms with Gasteiger partial charge in [0.25, 0.3) is 5.91 Å². The Kier molecular flexibility index (Phi) is 4.47. The SMILES string of the molecule is CCN1C(=O)/C(=C/c2cc(OC)ccc2OC)N(C)C1=S. The molecule has 2 rings (SSSR count). The van der Waals surface area contributed by atoms with E-state index in [-0.39, 0.29) is 5.91 Å². The highest BCUT2D eigenvalue weighted by atomic mass is 32.1. The van der Waals surface area contributed by atoms with Gasteiger partial charge in [-0.15, -0.1) is 0 Å². The van der Waals surface area contributed by atoms with Gasteiger partial charge in [-0.3, -0.25) is 9.69 Å². The molecule has 0 bridgehead atoms. The van der Waals surface area contributed by atoms with Crippen molar-refractivity contribution in [2.24, 2.45) is 0 Å². The summed E-state index contributed by atoms with van der Waals surface area (Å²) in [7, 11) is 4.97. The van der Waals surface area contributed by atoms with Gasteiger partial charge in [0.1, 0.15) is 17.2 Å². The van der Waals surface area contributed by atoms with Crippen LogP contribution < -0.4 is 9.47 Å². The maximum atomic E-state index is 12.4. The Morgan fingerprint density at radius 1 is 1.29 bits per heavy atom. The summed E-state index contributed by atoms with van der Waals surface area (Å²) in [6.07, 6.45) is 1.77. The molecule has 21 heavy (non-hydrogen) atoms. The lowest BCUT2D eigenvalue weighted by Gasteiger charge is -2.13. The van der Waals surface area contributed by atoms with Crippen LogP contribution in [0.15, 0.2) is 23.9 Å². The molecule has 0 aromatic heterocycles. The van der Waals surface area contributed by atoms with E-state index in [1.165, 1.54) is 0 Å². The molecule has 0 saturated carbocycles. The van der Waals surface area contributed by atoms with Gasteiger partial charge in [-0.05, 0) is 43.4 Å². The first-order valence-corrected chi connectivity index (χ1v) is 6.97. The number of ether oxygens (including phenoxy) is 2. The molecule has 0 unspecified atom stereocenters. The number of rotatable bonds is 4. The minimum absolute atomic E-state index is 0.102. The number of thiocarbonyl (C=S) groups is 1. The molecule has 0 atom stereocenters.